The highest BCUT2D eigenvalue weighted by atomic mass is 19.4. The summed E-state index contributed by atoms with van der Waals surface area (Å²) in [7, 11) is 0. The van der Waals surface area contributed by atoms with E-state index in [1.54, 1.807) is 0 Å². The predicted octanol–water partition coefficient (Wildman–Crippen LogP) is 2.53. The molecule has 0 aliphatic rings. The van der Waals surface area contributed by atoms with Gasteiger partial charge in [-0.1, -0.05) is 31.5 Å². The summed E-state index contributed by atoms with van der Waals surface area (Å²) >= 11 is 0. The Morgan fingerprint density at radius 3 is 2.70 bits per heavy atom. The Labute approximate surface area is 115 Å². The monoisotopic (exact) mass is 289 g/mol. The number of nitrogens with one attached hydrogen (secondary N) is 1. The molecule has 0 bridgehead atoms. The molecule has 0 heterocycles. The summed E-state index contributed by atoms with van der Waals surface area (Å²) in [5.74, 6) is -0.403. The van der Waals surface area contributed by atoms with E-state index in [2.05, 4.69) is 5.32 Å². The van der Waals surface area contributed by atoms with E-state index in [4.69, 9.17) is 0 Å². The number of benzene rings is 1. The molecule has 0 fully saturated rings. The first kappa shape index (κ1) is 16.5. The molecule has 1 aromatic carbocycles. The predicted molar refractivity (Wildman–Crippen MR) is 69.1 cm³/mol. The van der Waals surface area contributed by atoms with Gasteiger partial charge in [0.25, 0.3) is 0 Å². The van der Waals surface area contributed by atoms with Crippen LogP contribution in [0.25, 0.3) is 0 Å². The molecule has 0 saturated carbocycles. The highest BCUT2D eigenvalue weighted by molar-refractivity contribution is 5.78. The fourth-order valence-electron chi connectivity index (χ4n) is 1.77. The number of alkyl halides is 3. The first-order valence-electron chi connectivity index (χ1n) is 6.43. The molecule has 6 heteroatoms. The van der Waals surface area contributed by atoms with Crippen molar-refractivity contribution in [3.8, 4) is 0 Å². The van der Waals surface area contributed by atoms with Crippen molar-refractivity contribution < 1.29 is 23.1 Å². The molecule has 0 aromatic heterocycles. The molecule has 112 valence electrons. The number of aliphatic hydroxyl groups is 1. The zero-order valence-corrected chi connectivity index (χ0v) is 11.2. The fourth-order valence-corrected chi connectivity index (χ4v) is 1.77. The van der Waals surface area contributed by atoms with Gasteiger partial charge in [-0.05, 0) is 18.1 Å². The Morgan fingerprint density at radius 1 is 1.40 bits per heavy atom. The maximum absolute atomic E-state index is 12.5. The van der Waals surface area contributed by atoms with Gasteiger partial charge in [0, 0.05) is 6.54 Å². The minimum atomic E-state index is -4.41. The third kappa shape index (κ3) is 5.61. The third-order valence-electron chi connectivity index (χ3n) is 2.78. The Hall–Kier alpha value is -1.56. The van der Waals surface area contributed by atoms with Crippen LogP contribution >= 0.6 is 0 Å². The Bertz CT molecular complexity index is 446. The molecule has 1 unspecified atom stereocenters. The molecular weight excluding hydrogens is 271 g/mol. The lowest BCUT2D eigenvalue weighted by Gasteiger charge is -2.11. The van der Waals surface area contributed by atoms with Crippen molar-refractivity contribution in [1.29, 1.82) is 0 Å². The molecular formula is C14H18F3NO2. The van der Waals surface area contributed by atoms with Gasteiger partial charge < -0.3 is 10.4 Å². The van der Waals surface area contributed by atoms with Crippen LogP contribution in [0.5, 0.6) is 0 Å². The SMILES string of the molecule is CCCC(O)CNC(=O)Cc1cccc(C(F)(F)F)c1. The number of aliphatic hydroxyl groups excluding tert-OH is 1. The number of rotatable bonds is 6. The van der Waals surface area contributed by atoms with E-state index >= 15 is 0 Å². The van der Waals surface area contributed by atoms with Gasteiger partial charge in [-0.15, -0.1) is 0 Å². The molecule has 0 aliphatic carbocycles. The zero-order chi connectivity index (χ0) is 15.2. The summed E-state index contributed by atoms with van der Waals surface area (Å²) in [5.41, 5.74) is -0.476. The van der Waals surface area contributed by atoms with E-state index in [9.17, 15) is 23.1 Å². The van der Waals surface area contributed by atoms with E-state index in [-0.39, 0.29) is 13.0 Å². The van der Waals surface area contributed by atoms with E-state index in [1.165, 1.54) is 12.1 Å². The summed E-state index contributed by atoms with van der Waals surface area (Å²) in [6.07, 6.45) is -3.80. The lowest BCUT2D eigenvalue weighted by molar-refractivity contribution is -0.137. The second-order valence-corrected chi connectivity index (χ2v) is 4.62. The van der Waals surface area contributed by atoms with Crippen LogP contribution in [0.15, 0.2) is 24.3 Å². The van der Waals surface area contributed by atoms with Gasteiger partial charge in [0.1, 0.15) is 0 Å². The van der Waals surface area contributed by atoms with Gasteiger partial charge in [-0.3, -0.25) is 4.79 Å². The Balaban J connectivity index is 2.54. The maximum Gasteiger partial charge on any atom is 0.416 e. The van der Waals surface area contributed by atoms with Crippen molar-refractivity contribution in [3.05, 3.63) is 35.4 Å². The number of amides is 1. The molecule has 1 aromatic rings. The van der Waals surface area contributed by atoms with Gasteiger partial charge in [0.2, 0.25) is 5.91 Å². The van der Waals surface area contributed by atoms with Crippen LogP contribution in [0.2, 0.25) is 0 Å². The van der Waals surface area contributed by atoms with Crippen molar-refractivity contribution in [2.45, 2.75) is 38.5 Å². The molecule has 3 nitrogen and oxygen atoms in total. The first-order chi connectivity index (χ1) is 9.32. The van der Waals surface area contributed by atoms with E-state index in [1.807, 2.05) is 6.92 Å². The van der Waals surface area contributed by atoms with Crippen molar-refractivity contribution in [2.75, 3.05) is 6.54 Å². The van der Waals surface area contributed by atoms with Crippen LogP contribution in [0.4, 0.5) is 13.2 Å². The molecule has 2 N–H and O–H groups in total. The van der Waals surface area contributed by atoms with Gasteiger partial charge in [0.05, 0.1) is 18.1 Å². The minimum Gasteiger partial charge on any atom is -0.391 e. The molecule has 1 atom stereocenters. The fraction of sp³-hybridized carbons (Fsp3) is 0.500. The number of carbonyl (C=O) groups is 1. The van der Waals surface area contributed by atoms with Crippen LogP contribution in [0.1, 0.15) is 30.9 Å². The largest absolute Gasteiger partial charge is 0.416 e. The van der Waals surface area contributed by atoms with Crippen LogP contribution in [-0.2, 0) is 17.4 Å². The maximum atomic E-state index is 12.5. The van der Waals surface area contributed by atoms with Crippen molar-refractivity contribution in [3.63, 3.8) is 0 Å². The zero-order valence-electron chi connectivity index (χ0n) is 11.2. The average Bonchev–Trinajstić information content (AvgIpc) is 2.36. The van der Waals surface area contributed by atoms with Crippen LogP contribution in [-0.4, -0.2) is 23.7 Å². The minimum absolute atomic E-state index is 0.117. The molecule has 1 rings (SSSR count). The third-order valence-corrected chi connectivity index (χ3v) is 2.78. The second-order valence-electron chi connectivity index (χ2n) is 4.62. The van der Waals surface area contributed by atoms with Gasteiger partial charge >= 0.3 is 6.18 Å². The topological polar surface area (TPSA) is 49.3 Å². The molecule has 1 amide bonds. The first-order valence-corrected chi connectivity index (χ1v) is 6.43. The average molecular weight is 289 g/mol. The molecule has 20 heavy (non-hydrogen) atoms. The number of halogens is 3. The van der Waals surface area contributed by atoms with Gasteiger partial charge in [0.15, 0.2) is 0 Å². The summed E-state index contributed by atoms with van der Waals surface area (Å²) in [4.78, 5) is 11.6. The van der Waals surface area contributed by atoms with E-state index < -0.39 is 23.8 Å². The summed E-state index contributed by atoms with van der Waals surface area (Å²) in [6, 6.07) is 4.67. The Morgan fingerprint density at radius 2 is 2.10 bits per heavy atom. The van der Waals surface area contributed by atoms with Gasteiger partial charge in [-0.25, -0.2) is 0 Å². The number of hydrogen-bond acceptors (Lipinski definition) is 2. The van der Waals surface area contributed by atoms with Crippen LogP contribution < -0.4 is 5.32 Å². The summed E-state index contributed by atoms with van der Waals surface area (Å²) in [6.45, 7) is 2.03. The lowest BCUT2D eigenvalue weighted by atomic mass is 10.1. The molecule has 0 radical (unpaired) electrons. The molecule has 0 spiro atoms. The van der Waals surface area contributed by atoms with Crippen molar-refractivity contribution >= 4 is 5.91 Å². The summed E-state index contributed by atoms with van der Waals surface area (Å²) in [5, 5.41) is 12.0. The number of hydrogen-bond donors (Lipinski definition) is 2. The second kappa shape index (κ2) is 7.28. The van der Waals surface area contributed by atoms with Gasteiger partial charge in [-0.2, -0.15) is 13.2 Å². The molecule has 0 aliphatic heterocycles. The summed E-state index contributed by atoms with van der Waals surface area (Å²) < 4.78 is 37.5. The number of carbonyl (C=O) groups excluding carboxylic acids is 1. The molecule has 0 saturated heterocycles. The van der Waals surface area contributed by atoms with Crippen LogP contribution in [0, 0.1) is 0 Å². The highest BCUT2D eigenvalue weighted by Crippen LogP contribution is 2.29. The lowest BCUT2D eigenvalue weighted by Crippen LogP contribution is -2.33. The Kier molecular flexibility index (Phi) is 6.01. The van der Waals surface area contributed by atoms with E-state index in [0.717, 1.165) is 18.6 Å². The van der Waals surface area contributed by atoms with E-state index in [0.29, 0.717) is 12.0 Å². The highest BCUT2D eigenvalue weighted by Gasteiger charge is 2.30. The normalized spacial score (nSPS) is 13.1. The standard InChI is InChI=1S/C14H18F3NO2/c1-2-4-12(19)9-18-13(20)8-10-5-3-6-11(7-10)14(15,16)17/h3,5-7,12,19H,2,4,8-9H2,1H3,(H,18,20). The van der Waals surface area contributed by atoms with Crippen LogP contribution in [0.3, 0.4) is 0 Å². The van der Waals surface area contributed by atoms with Crippen molar-refractivity contribution in [2.24, 2.45) is 0 Å². The smallest absolute Gasteiger partial charge is 0.391 e. The van der Waals surface area contributed by atoms with Crippen molar-refractivity contribution in [1.82, 2.24) is 5.32 Å². The quantitative estimate of drug-likeness (QED) is 0.845.